The average Bonchev–Trinajstić information content (AvgIpc) is 2.88. The van der Waals surface area contributed by atoms with Crippen molar-refractivity contribution in [1.29, 1.82) is 0 Å². The fourth-order valence-corrected chi connectivity index (χ4v) is 4.28. The molecule has 1 aliphatic heterocycles. The van der Waals surface area contributed by atoms with Gasteiger partial charge in [-0.3, -0.25) is 4.79 Å². The van der Waals surface area contributed by atoms with Gasteiger partial charge < -0.3 is 29.3 Å². The summed E-state index contributed by atoms with van der Waals surface area (Å²) in [7, 11) is 0. The summed E-state index contributed by atoms with van der Waals surface area (Å²) in [6.45, 7) is 12.1. The molecule has 3 rings (SSSR count). The van der Waals surface area contributed by atoms with Gasteiger partial charge in [-0.15, -0.1) is 0 Å². The SMILES string of the molecule is CC(C)(C)OC(=O)N1CCN(C(=O)OC(C)(C)C)C(CN[C@H](Cc2ccccc2)C(=O)OCc2ccccc2)C1. The number of nitrogens with zero attached hydrogens (tertiary/aromatic N) is 2. The molecule has 0 aliphatic carbocycles. The molecule has 1 fully saturated rings. The van der Waals surface area contributed by atoms with E-state index in [2.05, 4.69) is 5.32 Å². The van der Waals surface area contributed by atoms with E-state index in [1.165, 1.54) is 0 Å². The standard InChI is InChI=1S/C31H43N3O6/c1-30(2,3)39-28(36)33-17-18-34(29(37)40-31(4,5)6)25(21-33)20-32-26(19-23-13-9-7-10-14-23)27(35)38-22-24-15-11-8-12-16-24/h7-16,25-26,32H,17-22H2,1-6H3/t25?,26-/m1/s1. The number of carbonyl (C=O) groups is 3. The van der Waals surface area contributed by atoms with E-state index in [1.807, 2.05) is 102 Å². The molecule has 1 unspecified atom stereocenters. The minimum absolute atomic E-state index is 0.159. The predicted octanol–water partition coefficient (Wildman–Crippen LogP) is 4.79. The third-order valence-electron chi connectivity index (χ3n) is 6.15. The van der Waals surface area contributed by atoms with Gasteiger partial charge in [-0.1, -0.05) is 60.7 Å². The molecule has 1 saturated heterocycles. The Kier molecular flexibility index (Phi) is 10.6. The lowest BCUT2D eigenvalue weighted by atomic mass is 10.0. The number of hydrogen-bond donors (Lipinski definition) is 1. The average molecular weight is 554 g/mol. The van der Waals surface area contributed by atoms with Crippen molar-refractivity contribution in [3.8, 4) is 0 Å². The summed E-state index contributed by atoms with van der Waals surface area (Å²) in [6, 6.07) is 18.1. The van der Waals surface area contributed by atoms with Crippen molar-refractivity contribution in [2.45, 2.75) is 77.9 Å². The Morgan fingerprint density at radius 2 is 1.38 bits per heavy atom. The molecular formula is C31H43N3O6. The van der Waals surface area contributed by atoms with E-state index in [0.717, 1.165) is 11.1 Å². The Hall–Kier alpha value is -3.59. The first kappa shape index (κ1) is 30.9. The largest absolute Gasteiger partial charge is 0.460 e. The summed E-state index contributed by atoms with van der Waals surface area (Å²) in [4.78, 5) is 42.4. The van der Waals surface area contributed by atoms with Crippen LogP contribution in [0, 0.1) is 0 Å². The zero-order valence-electron chi connectivity index (χ0n) is 24.5. The minimum atomic E-state index is -0.672. The summed E-state index contributed by atoms with van der Waals surface area (Å²) < 4.78 is 16.9. The maximum Gasteiger partial charge on any atom is 0.410 e. The summed E-state index contributed by atoms with van der Waals surface area (Å²) in [5.74, 6) is -0.392. The molecule has 2 aromatic rings. The van der Waals surface area contributed by atoms with Crippen LogP contribution in [-0.4, -0.2) is 77.4 Å². The fraction of sp³-hybridized carbons (Fsp3) is 0.516. The number of ether oxygens (including phenoxy) is 3. The maximum absolute atomic E-state index is 13.3. The van der Waals surface area contributed by atoms with Crippen molar-refractivity contribution in [1.82, 2.24) is 15.1 Å². The molecule has 9 nitrogen and oxygen atoms in total. The molecule has 2 atom stereocenters. The number of esters is 1. The highest BCUT2D eigenvalue weighted by Gasteiger charge is 2.37. The maximum atomic E-state index is 13.3. The highest BCUT2D eigenvalue weighted by Crippen LogP contribution is 2.19. The van der Waals surface area contributed by atoms with Crippen molar-refractivity contribution < 1.29 is 28.6 Å². The number of piperazine rings is 1. The number of benzene rings is 2. The Bertz CT molecular complexity index is 1110. The molecule has 2 aromatic carbocycles. The molecular weight excluding hydrogens is 510 g/mol. The molecule has 1 N–H and O–H groups in total. The van der Waals surface area contributed by atoms with Crippen molar-refractivity contribution in [2.75, 3.05) is 26.2 Å². The zero-order valence-corrected chi connectivity index (χ0v) is 24.5. The van der Waals surface area contributed by atoms with Gasteiger partial charge in [0.25, 0.3) is 0 Å². The Morgan fingerprint density at radius 3 is 1.95 bits per heavy atom. The second kappa shape index (κ2) is 13.7. The van der Waals surface area contributed by atoms with Crippen molar-refractivity contribution in [2.24, 2.45) is 0 Å². The molecule has 218 valence electrons. The molecule has 0 aromatic heterocycles. The Balaban J connectivity index is 1.76. The molecule has 0 radical (unpaired) electrons. The van der Waals surface area contributed by atoms with E-state index in [9.17, 15) is 14.4 Å². The molecule has 9 heteroatoms. The lowest BCUT2D eigenvalue weighted by molar-refractivity contribution is -0.147. The fourth-order valence-electron chi connectivity index (χ4n) is 4.28. The summed E-state index contributed by atoms with van der Waals surface area (Å²) in [6.07, 6.45) is -0.498. The summed E-state index contributed by atoms with van der Waals surface area (Å²) in [5, 5.41) is 3.33. The van der Waals surface area contributed by atoms with Crippen molar-refractivity contribution in [3.63, 3.8) is 0 Å². The molecule has 1 aliphatic rings. The van der Waals surface area contributed by atoms with Crippen LogP contribution in [-0.2, 0) is 32.0 Å². The van der Waals surface area contributed by atoms with Gasteiger partial charge in [0, 0.05) is 26.2 Å². The van der Waals surface area contributed by atoms with Crippen LogP contribution in [0.1, 0.15) is 52.7 Å². The van der Waals surface area contributed by atoms with Gasteiger partial charge >= 0.3 is 18.2 Å². The smallest absolute Gasteiger partial charge is 0.410 e. The van der Waals surface area contributed by atoms with E-state index < -0.39 is 41.4 Å². The van der Waals surface area contributed by atoms with Gasteiger partial charge in [-0.2, -0.15) is 0 Å². The molecule has 1 heterocycles. The lowest BCUT2D eigenvalue weighted by Gasteiger charge is -2.42. The second-order valence-electron chi connectivity index (χ2n) is 12.0. The third kappa shape index (κ3) is 10.2. The second-order valence-corrected chi connectivity index (χ2v) is 12.0. The van der Waals surface area contributed by atoms with Crippen LogP contribution in [0.4, 0.5) is 9.59 Å². The zero-order chi connectivity index (χ0) is 29.3. The van der Waals surface area contributed by atoms with Crippen LogP contribution in [0.25, 0.3) is 0 Å². The highest BCUT2D eigenvalue weighted by atomic mass is 16.6. The first-order valence-electron chi connectivity index (χ1n) is 13.8. The van der Waals surface area contributed by atoms with Crippen molar-refractivity contribution in [3.05, 3.63) is 71.8 Å². The normalized spacial score (nSPS) is 16.7. The number of carbonyl (C=O) groups excluding carboxylic acids is 3. The lowest BCUT2D eigenvalue weighted by Crippen LogP contribution is -2.61. The van der Waals surface area contributed by atoms with E-state index in [1.54, 1.807) is 9.80 Å². The van der Waals surface area contributed by atoms with Gasteiger partial charge in [0.05, 0.1) is 6.04 Å². The van der Waals surface area contributed by atoms with E-state index in [4.69, 9.17) is 14.2 Å². The van der Waals surface area contributed by atoms with Gasteiger partial charge in [-0.05, 0) is 59.1 Å². The molecule has 40 heavy (non-hydrogen) atoms. The van der Waals surface area contributed by atoms with Crippen LogP contribution in [0.2, 0.25) is 0 Å². The van der Waals surface area contributed by atoms with Crippen LogP contribution >= 0.6 is 0 Å². The number of rotatable bonds is 8. The Morgan fingerprint density at radius 1 is 0.825 bits per heavy atom. The third-order valence-corrected chi connectivity index (χ3v) is 6.15. The number of hydrogen-bond acceptors (Lipinski definition) is 7. The number of nitrogens with one attached hydrogen (secondary N) is 1. The van der Waals surface area contributed by atoms with E-state index >= 15 is 0 Å². The highest BCUT2D eigenvalue weighted by molar-refractivity contribution is 5.76. The van der Waals surface area contributed by atoms with E-state index in [-0.39, 0.29) is 26.2 Å². The summed E-state index contributed by atoms with van der Waals surface area (Å²) in [5.41, 5.74) is 0.551. The molecule has 0 bridgehead atoms. The molecule has 0 spiro atoms. The number of amides is 2. The van der Waals surface area contributed by atoms with Crippen molar-refractivity contribution >= 4 is 18.2 Å². The predicted molar refractivity (Wildman–Crippen MR) is 153 cm³/mol. The Labute approximate surface area is 237 Å². The van der Waals surface area contributed by atoms with Gasteiger partial charge in [-0.25, -0.2) is 9.59 Å². The van der Waals surface area contributed by atoms with Crippen LogP contribution in [0.15, 0.2) is 60.7 Å². The molecule has 0 saturated carbocycles. The first-order valence-corrected chi connectivity index (χ1v) is 13.8. The van der Waals surface area contributed by atoms with E-state index in [0.29, 0.717) is 13.0 Å². The van der Waals surface area contributed by atoms with Gasteiger partial charge in [0.1, 0.15) is 23.9 Å². The molecule has 2 amide bonds. The minimum Gasteiger partial charge on any atom is -0.460 e. The monoisotopic (exact) mass is 553 g/mol. The topological polar surface area (TPSA) is 97.4 Å². The quantitative estimate of drug-likeness (QED) is 0.371. The van der Waals surface area contributed by atoms with Gasteiger partial charge in [0.2, 0.25) is 0 Å². The first-order chi connectivity index (χ1) is 18.8. The van der Waals surface area contributed by atoms with Crippen LogP contribution in [0.3, 0.4) is 0 Å². The summed E-state index contributed by atoms with van der Waals surface area (Å²) >= 11 is 0. The van der Waals surface area contributed by atoms with Gasteiger partial charge in [0.15, 0.2) is 0 Å². The van der Waals surface area contributed by atoms with Crippen LogP contribution in [0.5, 0.6) is 0 Å². The van der Waals surface area contributed by atoms with Crippen LogP contribution < -0.4 is 5.32 Å².